The summed E-state index contributed by atoms with van der Waals surface area (Å²) in [7, 11) is 2.02. The highest BCUT2D eigenvalue weighted by Crippen LogP contribution is 2.26. The number of rotatable bonds is 4. The average molecular weight is 310 g/mol. The first-order chi connectivity index (χ1) is 8.20. The Morgan fingerprint density at radius 3 is 2.71 bits per heavy atom. The van der Waals surface area contributed by atoms with Gasteiger partial charge in [-0.25, -0.2) is 0 Å². The van der Waals surface area contributed by atoms with Crippen molar-refractivity contribution in [1.29, 1.82) is 0 Å². The molecule has 0 aliphatic heterocycles. The minimum atomic E-state index is 0.388. The Morgan fingerprint density at radius 1 is 1.35 bits per heavy atom. The van der Waals surface area contributed by atoms with Crippen molar-refractivity contribution in [3.05, 3.63) is 56.2 Å². The van der Waals surface area contributed by atoms with E-state index in [0.717, 1.165) is 6.42 Å². The molecule has 2 rings (SSSR count). The summed E-state index contributed by atoms with van der Waals surface area (Å²) in [6, 6.07) is 11.1. The molecule has 0 saturated heterocycles. The molecular formula is C14H16BrNS. The molecule has 0 radical (unpaired) electrons. The summed E-state index contributed by atoms with van der Waals surface area (Å²) in [6.45, 7) is 2.15. The van der Waals surface area contributed by atoms with Crippen LogP contribution in [0, 0.1) is 6.92 Å². The molecule has 1 atom stereocenters. The standard InChI is InChI=1S/C14H16BrNS/c1-10-7-12(9-17-10)14(16-2)8-11-5-3-4-6-13(11)15/h3-7,9,14,16H,8H2,1-2H3. The first-order valence-electron chi connectivity index (χ1n) is 5.66. The van der Waals surface area contributed by atoms with Crippen LogP contribution in [-0.2, 0) is 6.42 Å². The van der Waals surface area contributed by atoms with E-state index in [1.54, 1.807) is 0 Å². The second-order valence-electron chi connectivity index (χ2n) is 4.13. The minimum absolute atomic E-state index is 0.388. The third-order valence-corrected chi connectivity index (χ3v) is 4.54. The highest BCUT2D eigenvalue weighted by atomic mass is 79.9. The van der Waals surface area contributed by atoms with Gasteiger partial charge in [-0.1, -0.05) is 34.1 Å². The molecule has 0 spiro atoms. The van der Waals surface area contributed by atoms with E-state index >= 15 is 0 Å². The summed E-state index contributed by atoms with van der Waals surface area (Å²) in [5.74, 6) is 0. The molecule has 17 heavy (non-hydrogen) atoms. The van der Waals surface area contributed by atoms with Gasteiger partial charge in [-0.2, -0.15) is 0 Å². The predicted octanol–water partition coefficient (Wildman–Crippen LogP) is 4.32. The molecule has 1 N–H and O–H groups in total. The summed E-state index contributed by atoms with van der Waals surface area (Å²) in [5, 5.41) is 5.64. The van der Waals surface area contributed by atoms with Gasteiger partial charge < -0.3 is 5.32 Å². The van der Waals surface area contributed by atoms with Gasteiger partial charge in [0.2, 0.25) is 0 Å². The maximum absolute atomic E-state index is 3.61. The van der Waals surface area contributed by atoms with Gasteiger partial charge in [0.15, 0.2) is 0 Å². The van der Waals surface area contributed by atoms with Gasteiger partial charge in [0, 0.05) is 15.4 Å². The Labute approximate surface area is 115 Å². The number of likely N-dealkylation sites (N-methyl/N-ethyl adjacent to an activating group) is 1. The Bertz CT molecular complexity index is 492. The Kier molecular flexibility index (Phi) is 4.37. The summed E-state index contributed by atoms with van der Waals surface area (Å²) in [6.07, 6.45) is 1.01. The molecule has 0 amide bonds. The van der Waals surface area contributed by atoms with E-state index in [1.165, 1.54) is 20.5 Å². The predicted molar refractivity (Wildman–Crippen MR) is 78.7 cm³/mol. The maximum atomic E-state index is 3.61. The number of nitrogens with one attached hydrogen (secondary N) is 1. The van der Waals surface area contributed by atoms with Gasteiger partial charge in [0.1, 0.15) is 0 Å². The summed E-state index contributed by atoms with van der Waals surface area (Å²) in [5.41, 5.74) is 2.72. The van der Waals surface area contributed by atoms with Crippen molar-refractivity contribution in [2.75, 3.05) is 7.05 Å². The van der Waals surface area contributed by atoms with Crippen LogP contribution in [0.4, 0.5) is 0 Å². The van der Waals surface area contributed by atoms with Gasteiger partial charge in [-0.15, -0.1) is 11.3 Å². The summed E-state index contributed by atoms with van der Waals surface area (Å²) in [4.78, 5) is 1.37. The molecule has 0 aliphatic carbocycles. The fraction of sp³-hybridized carbons (Fsp3) is 0.286. The molecule has 1 unspecified atom stereocenters. The smallest absolute Gasteiger partial charge is 0.0367 e. The molecule has 0 fully saturated rings. The number of hydrogen-bond acceptors (Lipinski definition) is 2. The molecular weight excluding hydrogens is 294 g/mol. The lowest BCUT2D eigenvalue weighted by molar-refractivity contribution is 0.592. The Balaban J connectivity index is 2.18. The van der Waals surface area contributed by atoms with Crippen LogP contribution < -0.4 is 5.32 Å². The van der Waals surface area contributed by atoms with E-state index in [0.29, 0.717) is 6.04 Å². The molecule has 0 bridgehead atoms. The third kappa shape index (κ3) is 3.18. The summed E-state index contributed by atoms with van der Waals surface area (Å²) >= 11 is 5.42. The molecule has 0 aliphatic rings. The van der Waals surface area contributed by atoms with Crippen LogP contribution in [0.25, 0.3) is 0 Å². The van der Waals surface area contributed by atoms with Crippen LogP contribution in [0.1, 0.15) is 22.0 Å². The Morgan fingerprint density at radius 2 is 2.12 bits per heavy atom. The lowest BCUT2D eigenvalue weighted by Crippen LogP contribution is -2.18. The largest absolute Gasteiger partial charge is 0.313 e. The van der Waals surface area contributed by atoms with Crippen LogP contribution in [-0.4, -0.2) is 7.05 Å². The maximum Gasteiger partial charge on any atom is 0.0367 e. The zero-order chi connectivity index (χ0) is 12.3. The van der Waals surface area contributed by atoms with Gasteiger partial charge in [-0.3, -0.25) is 0 Å². The monoisotopic (exact) mass is 309 g/mol. The van der Waals surface area contributed by atoms with Crippen molar-refractivity contribution in [3.8, 4) is 0 Å². The van der Waals surface area contributed by atoms with Crippen molar-refractivity contribution in [2.45, 2.75) is 19.4 Å². The van der Waals surface area contributed by atoms with Crippen LogP contribution in [0.5, 0.6) is 0 Å². The number of benzene rings is 1. The van der Waals surface area contributed by atoms with Crippen LogP contribution in [0.2, 0.25) is 0 Å². The van der Waals surface area contributed by atoms with Crippen molar-refractivity contribution in [1.82, 2.24) is 5.32 Å². The van der Waals surface area contributed by atoms with Crippen molar-refractivity contribution in [3.63, 3.8) is 0 Å². The molecule has 0 saturated carbocycles. The Hall–Kier alpha value is -0.640. The lowest BCUT2D eigenvalue weighted by atomic mass is 10.0. The SMILES string of the molecule is CNC(Cc1ccccc1Br)c1csc(C)c1. The molecule has 1 heterocycles. The molecule has 1 aromatic heterocycles. The van der Waals surface area contributed by atoms with Crippen LogP contribution >= 0.6 is 27.3 Å². The lowest BCUT2D eigenvalue weighted by Gasteiger charge is -2.16. The molecule has 2 aromatic rings. The zero-order valence-electron chi connectivity index (χ0n) is 10.0. The first kappa shape index (κ1) is 12.8. The number of halogens is 1. The second kappa shape index (κ2) is 5.80. The van der Waals surface area contributed by atoms with E-state index in [4.69, 9.17) is 0 Å². The fourth-order valence-corrected chi connectivity index (χ4v) is 3.12. The van der Waals surface area contributed by atoms with Crippen LogP contribution in [0.3, 0.4) is 0 Å². The normalized spacial score (nSPS) is 12.6. The molecule has 1 aromatic carbocycles. The second-order valence-corrected chi connectivity index (χ2v) is 6.10. The quantitative estimate of drug-likeness (QED) is 0.886. The zero-order valence-corrected chi connectivity index (χ0v) is 12.4. The van der Waals surface area contributed by atoms with E-state index in [9.17, 15) is 0 Å². The van der Waals surface area contributed by atoms with Crippen molar-refractivity contribution in [2.24, 2.45) is 0 Å². The number of aryl methyl sites for hydroxylation is 1. The summed E-state index contributed by atoms with van der Waals surface area (Å²) < 4.78 is 1.19. The van der Waals surface area contributed by atoms with Crippen LogP contribution in [0.15, 0.2) is 40.2 Å². The number of hydrogen-bond donors (Lipinski definition) is 1. The van der Waals surface area contributed by atoms with Gasteiger partial charge in [-0.05, 0) is 49.0 Å². The highest BCUT2D eigenvalue weighted by Gasteiger charge is 2.12. The van der Waals surface area contributed by atoms with Crippen molar-refractivity contribution < 1.29 is 0 Å². The molecule has 90 valence electrons. The van der Waals surface area contributed by atoms with Crippen molar-refractivity contribution >= 4 is 27.3 Å². The van der Waals surface area contributed by atoms with Gasteiger partial charge >= 0.3 is 0 Å². The van der Waals surface area contributed by atoms with Gasteiger partial charge in [0.05, 0.1) is 0 Å². The topological polar surface area (TPSA) is 12.0 Å². The number of thiophene rings is 1. The van der Waals surface area contributed by atoms with E-state index in [-0.39, 0.29) is 0 Å². The van der Waals surface area contributed by atoms with E-state index in [2.05, 4.69) is 63.9 Å². The third-order valence-electron chi connectivity index (χ3n) is 2.88. The fourth-order valence-electron chi connectivity index (χ4n) is 1.92. The first-order valence-corrected chi connectivity index (χ1v) is 7.33. The van der Waals surface area contributed by atoms with E-state index < -0.39 is 0 Å². The minimum Gasteiger partial charge on any atom is -0.313 e. The molecule has 1 nitrogen and oxygen atoms in total. The highest BCUT2D eigenvalue weighted by molar-refractivity contribution is 9.10. The van der Waals surface area contributed by atoms with E-state index in [1.807, 2.05) is 18.4 Å². The molecule has 3 heteroatoms. The average Bonchev–Trinajstić information content (AvgIpc) is 2.75. The van der Waals surface area contributed by atoms with Gasteiger partial charge in [0.25, 0.3) is 0 Å².